The fourth-order valence-electron chi connectivity index (χ4n) is 2.40. The van der Waals surface area contributed by atoms with E-state index in [4.69, 9.17) is 5.53 Å². The van der Waals surface area contributed by atoms with Crippen LogP contribution in [0.5, 0.6) is 0 Å². The van der Waals surface area contributed by atoms with Crippen LogP contribution >= 0.6 is 15.9 Å². The minimum atomic E-state index is -2.86. The standard InChI is InChI=1S/C10H10BrF2N5O/c1-9(19-8(12)13)4-10(5-9,17-18-14)7-15-2-6(11)3-16-7/h2-3,8H,4-5H2,1H3. The summed E-state index contributed by atoms with van der Waals surface area (Å²) in [6.45, 7) is -1.32. The maximum atomic E-state index is 12.3. The molecular weight excluding hydrogens is 324 g/mol. The van der Waals surface area contributed by atoms with Gasteiger partial charge in [-0.3, -0.25) is 0 Å². The molecule has 1 aromatic heterocycles. The Hall–Kier alpha value is -1.31. The van der Waals surface area contributed by atoms with Crippen molar-refractivity contribution in [2.45, 2.75) is 37.5 Å². The van der Waals surface area contributed by atoms with Gasteiger partial charge in [0.05, 0.1) is 10.1 Å². The molecule has 0 radical (unpaired) electrons. The lowest BCUT2D eigenvalue weighted by molar-refractivity contribution is -0.245. The van der Waals surface area contributed by atoms with Crippen LogP contribution in [0.1, 0.15) is 25.6 Å². The first-order chi connectivity index (χ1) is 8.89. The number of hydrogen-bond acceptors (Lipinski definition) is 4. The predicted octanol–water partition coefficient (Wildman–Crippen LogP) is 3.54. The van der Waals surface area contributed by atoms with Crippen LogP contribution in [-0.2, 0) is 10.3 Å². The predicted molar refractivity (Wildman–Crippen MR) is 65.3 cm³/mol. The number of hydrogen-bond donors (Lipinski definition) is 0. The molecule has 19 heavy (non-hydrogen) atoms. The molecule has 1 aliphatic rings. The van der Waals surface area contributed by atoms with Crippen LogP contribution in [-0.4, -0.2) is 22.2 Å². The molecule has 0 aromatic carbocycles. The van der Waals surface area contributed by atoms with E-state index in [1.54, 1.807) is 6.92 Å². The molecular formula is C10H10BrF2N5O. The lowest BCUT2D eigenvalue weighted by Crippen LogP contribution is -2.54. The molecule has 0 saturated heterocycles. The van der Waals surface area contributed by atoms with Crippen LogP contribution < -0.4 is 0 Å². The Labute approximate surface area is 116 Å². The third kappa shape index (κ3) is 2.83. The summed E-state index contributed by atoms with van der Waals surface area (Å²) in [5, 5.41) is 3.68. The first-order valence-corrected chi connectivity index (χ1v) is 6.19. The number of aromatic nitrogens is 2. The van der Waals surface area contributed by atoms with Crippen molar-refractivity contribution in [3.8, 4) is 0 Å². The molecule has 0 aliphatic heterocycles. The van der Waals surface area contributed by atoms with E-state index in [0.717, 1.165) is 0 Å². The van der Waals surface area contributed by atoms with Crippen molar-refractivity contribution >= 4 is 15.9 Å². The van der Waals surface area contributed by atoms with Gasteiger partial charge in [0.1, 0.15) is 11.4 Å². The number of nitrogens with zero attached hydrogens (tertiary/aromatic N) is 5. The molecule has 0 spiro atoms. The van der Waals surface area contributed by atoms with E-state index in [2.05, 4.69) is 40.7 Å². The van der Waals surface area contributed by atoms with E-state index in [9.17, 15) is 8.78 Å². The second kappa shape index (κ2) is 4.99. The fourth-order valence-corrected chi connectivity index (χ4v) is 2.60. The fraction of sp³-hybridized carbons (Fsp3) is 0.600. The zero-order valence-corrected chi connectivity index (χ0v) is 11.5. The Balaban J connectivity index is 2.24. The topological polar surface area (TPSA) is 83.8 Å². The van der Waals surface area contributed by atoms with Crippen molar-refractivity contribution < 1.29 is 13.5 Å². The Morgan fingerprint density at radius 2 is 2.05 bits per heavy atom. The minimum absolute atomic E-state index is 0.121. The molecule has 0 amide bonds. The van der Waals surface area contributed by atoms with Gasteiger partial charge in [0.25, 0.3) is 0 Å². The zero-order chi connectivity index (χ0) is 14.1. The Morgan fingerprint density at radius 1 is 1.47 bits per heavy atom. The Morgan fingerprint density at radius 3 is 2.53 bits per heavy atom. The number of azide groups is 1. The third-order valence-corrected chi connectivity index (χ3v) is 3.39. The summed E-state index contributed by atoms with van der Waals surface area (Å²) >= 11 is 3.19. The first kappa shape index (κ1) is 14.1. The van der Waals surface area contributed by atoms with Gasteiger partial charge in [-0.2, -0.15) is 8.78 Å². The molecule has 0 N–H and O–H groups in total. The van der Waals surface area contributed by atoms with Gasteiger partial charge in [-0.15, -0.1) is 0 Å². The van der Waals surface area contributed by atoms with Crippen molar-refractivity contribution in [3.05, 3.63) is 33.1 Å². The molecule has 0 atom stereocenters. The highest BCUT2D eigenvalue weighted by Gasteiger charge is 2.56. The van der Waals surface area contributed by atoms with Gasteiger partial charge in [0.15, 0.2) is 0 Å². The second-order valence-corrected chi connectivity index (χ2v) is 5.54. The van der Waals surface area contributed by atoms with Gasteiger partial charge in [-0.05, 0) is 41.2 Å². The Kier molecular flexibility index (Phi) is 3.71. The summed E-state index contributed by atoms with van der Waals surface area (Å²) in [7, 11) is 0. The van der Waals surface area contributed by atoms with E-state index >= 15 is 0 Å². The average Bonchev–Trinajstić information content (AvgIpc) is 2.26. The van der Waals surface area contributed by atoms with Gasteiger partial charge in [0, 0.05) is 17.3 Å². The number of alkyl halides is 2. The molecule has 0 unspecified atom stereocenters. The van der Waals surface area contributed by atoms with E-state index in [-0.39, 0.29) is 12.8 Å². The molecule has 0 bridgehead atoms. The van der Waals surface area contributed by atoms with Gasteiger partial charge in [-0.1, -0.05) is 5.11 Å². The molecule has 1 heterocycles. The van der Waals surface area contributed by atoms with Gasteiger partial charge in [-0.25, -0.2) is 9.97 Å². The maximum absolute atomic E-state index is 12.3. The number of ether oxygens (including phenoxy) is 1. The monoisotopic (exact) mass is 333 g/mol. The summed E-state index contributed by atoms with van der Waals surface area (Å²) in [6.07, 6.45) is 3.27. The van der Waals surface area contributed by atoms with E-state index in [0.29, 0.717) is 10.3 Å². The second-order valence-electron chi connectivity index (χ2n) is 4.63. The smallest absolute Gasteiger partial charge is 0.317 e. The van der Waals surface area contributed by atoms with Crippen molar-refractivity contribution in [2.75, 3.05) is 0 Å². The highest BCUT2D eigenvalue weighted by atomic mass is 79.9. The summed E-state index contributed by atoms with van der Waals surface area (Å²) < 4.78 is 29.8. The largest absolute Gasteiger partial charge is 0.345 e. The average molecular weight is 334 g/mol. The summed E-state index contributed by atoms with van der Waals surface area (Å²) in [5.41, 5.74) is 6.60. The molecule has 6 nitrogen and oxygen atoms in total. The minimum Gasteiger partial charge on any atom is -0.317 e. The number of rotatable bonds is 4. The van der Waals surface area contributed by atoms with Crippen LogP contribution in [0.3, 0.4) is 0 Å². The lowest BCUT2D eigenvalue weighted by Gasteiger charge is -2.50. The van der Waals surface area contributed by atoms with Gasteiger partial charge < -0.3 is 4.74 Å². The Bertz CT molecular complexity index is 511. The van der Waals surface area contributed by atoms with Crippen molar-refractivity contribution in [3.63, 3.8) is 0 Å². The SMILES string of the molecule is CC1(OC(F)F)CC(N=[N+]=[N-])(c2ncc(Br)cn2)C1. The molecule has 1 aromatic rings. The molecule has 1 aliphatic carbocycles. The zero-order valence-electron chi connectivity index (χ0n) is 9.92. The normalized spacial score (nSPS) is 29.7. The van der Waals surface area contributed by atoms with E-state index in [1.807, 2.05) is 0 Å². The summed E-state index contributed by atoms with van der Waals surface area (Å²) in [4.78, 5) is 10.9. The number of halogens is 3. The molecule has 2 rings (SSSR count). The van der Waals surface area contributed by atoms with Crippen molar-refractivity contribution in [1.82, 2.24) is 9.97 Å². The molecule has 9 heteroatoms. The molecule has 102 valence electrons. The van der Waals surface area contributed by atoms with Crippen LogP contribution in [0.25, 0.3) is 10.4 Å². The summed E-state index contributed by atoms with van der Waals surface area (Å²) in [5.74, 6) is 0.309. The van der Waals surface area contributed by atoms with Crippen molar-refractivity contribution in [1.29, 1.82) is 0 Å². The highest BCUT2D eigenvalue weighted by molar-refractivity contribution is 9.10. The molecule has 1 saturated carbocycles. The maximum Gasteiger partial charge on any atom is 0.345 e. The van der Waals surface area contributed by atoms with Crippen LogP contribution in [0.2, 0.25) is 0 Å². The first-order valence-electron chi connectivity index (χ1n) is 5.39. The van der Waals surface area contributed by atoms with Crippen LogP contribution in [0, 0.1) is 0 Å². The quantitative estimate of drug-likeness (QED) is 0.480. The highest BCUT2D eigenvalue weighted by Crippen LogP contribution is 2.52. The van der Waals surface area contributed by atoms with Crippen LogP contribution in [0.4, 0.5) is 8.78 Å². The van der Waals surface area contributed by atoms with E-state index in [1.165, 1.54) is 12.4 Å². The van der Waals surface area contributed by atoms with Gasteiger partial charge >= 0.3 is 6.61 Å². The lowest BCUT2D eigenvalue weighted by atomic mass is 9.65. The van der Waals surface area contributed by atoms with Crippen molar-refractivity contribution in [2.24, 2.45) is 5.11 Å². The van der Waals surface area contributed by atoms with Crippen LogP contribution in [0.15, 0.2) is 22.0 Å². The van der Waals surface area contributed by atoms with Gasteiger partial charge in [0.2, 0.25) is 0 Å². The summed E-state index contributed by atoms with van der Waals surface area (Å²) in [6, 6.07) is 0. The van der Waals surface area contributed by atoms with E-state index < -0.39 is 17.8 Å². The third-order valence-electron chi connectivity index (χ3n) is 2.98. The molecule has 1 fully saturated rings.